The minimum atomic E-state index is -4.12. The van der Waals surface area contributed by atoms with Crippen LogP contribution in [0.1, 0.15) is 68.9 Å². The second-order valence-electron chi connectivity index (χ2n) is 9.86. The van der Waals surface area contributed by atoms with Gasteiger partial charge in [0.25, 0.3) is 0 Å². The summed E-state index contributed by atoms with van der Waals surface area (Å²) < 4.78 is 108. The average Bonchev–Trinajstić information content (AvgIpc) is 2.89. The van der Waals surface area contributed by atoms with Crippen molar-refractivity contribution in [1.82, 2.24) is 0 Å². The molecule has 0 aromatic heterocycles. The number of para-hydroxylation sites is 1. The van der Waals surface area contributed by atoms with Crippen LogP contribution in [0.5, 0.6) is 11.5 Å². The number of rotatable bonds is 10. The van der Waals surface area contributed by atoms with E-state index in [2.05, 4.69) is 11.7 Å². The molecule has 0 N–H and O–H groups in total. The van der Waals surface area contributed by atoms with E-state index in [4.69, 9.17) is 4.74 Å². The SMILES string of the molecule is CCCC[C@H]1CC[C@H](c2ccc(C(F)(F)Oc3ccccc3-c3cc(F)c(OC(F)F)c(F)c3)c(F)c2)CC1. The molecular formula is C30H29F7O2. The predicted molar refractivity (Wildman–Crippen MR) is 134 cm³/mol. The topological polar surface area (TPSA) is 18.5 Å². The Morgan fingerprint density at radius 2 is 1.54 bits per heavy atom. The molecule has 4 rings (SSSR count). The first-order valence-electron chi connectivity index (χ1n) is 13.0. The molecule has 0 unspecified atom stereocenters. The number of ether oxygens (including phenoxy) is 2. The van der Waals surface area contributed by atoms with Crippen LogP contribution < -0.4 is 9.47 Å². The summed E-state index contributed by atoms with van der Waals surface area (Å²) in [6, 6.07) is 10.1. The van der Waals surface area contributed by atoms with E-state index in [1.807, 2.05) is 0 Å². The summed E-state index contributed by atoms with van der Waals surface area (Å²) in [4.78, 5) is 0. The van der Waals surface area contributed by atoms with Gasteiger partial charge in [-0.25, -0.2) is 13.2 Å². The molecule has 0 radical (unpaired) electrons. The van der Waals surface area contributed by atoms with Crippen molar-refractivity contribution in [1.29, 1.82) is 0 Å². The fraction of sp³-hybridized carbons (Fsp3) is 0.400. The third-order valence-electron chi connectivity index (χ3n) is 7.23. The maximum Gasteiger partial charge on any atom is 0.429 e. The number of alkyl halides is 4. The van der Waals surface area contributed by atoms with Crippen molar-refractivity contribution >= 4 is 0 Å². The lowest BCUT2D eigenvalue weighted by Gasteiger charge is -2.29. The molecule has 0 amide bonds. The molecule has 2 nitrogen and oxygen atoms in total. The molecule has 0 saturated heterocycles. The van der Waals surface area contributed by atoms with E-state index < -0.39 is 47.2 Å². The van der Waals surface area contributed by atoms with Crippen LogP contribution in [0.4, 0.5) is 30.7 Å². The Bertz CT molecular complexity index is 1250. The minimum Gasteiger partial charge on any atom is -0.429 e. The first-order valence-corrected chi connectivity index (χ1v) is 13.0. The quantitative estimate of drug-likeness (QED) is 0.232. The van der Waals surface area contributed by atoms with Crippen molar-refractivity contribution in [3.05, 3.63) is 83.2 Å². The highest BCUT2D eigenvalue weighted by Gasteiger charge is 2.39. The van der Waals surface area contributed by atoms with E-state index in [1.165, 1.54) is 37.1 Å². The Labute approximate surface area is 222 Å². The van der Waals surface area contributed by atoms with Crippen molar-refractivity contribution in [3.63, 3.8) is 0 Å². The summed E-state index contributed by atoms with van der Waals surface area (Å²) in [6.45, 7) is -1.31. The molecule has 0 aliphatic heterocycles. The van der Waals surface area contributed by atoms with Gasteiger partial charge >= 0.3 is 12.7 Å². The van der Waals surface area contributed by atoms with E-state index in [1.54, 1.807) is 0 Å². The smallest absolute Gasteiger partial charge is 0.429 e. The van der Waals surface area contributed by atoms with Gasteiger partial charge in [0.05, 0.1) is 5.56 Å². The number of hydrogen-bond donors (Lipinski definition) is 0. The molecule has 0 bridgehead atoms. The van der Waals surface area contributed by atoms with Gasteiger partial charge in [0.1, 0.15) is 11.6 Å². The maximum absolute atomic E-state index is 15.2. The van der Waals surface area contributed by atoms with Crippen LogP contribution in [0.2, 0.25) is 0 Å². The first kappa shape index (κ1) is 28.8. The van der Waals surface area contributed by atoms with Gasteiger partial charge in [0.15, 0.2) is 17.4 Å². The Hall–Kier alpha value is -3.23. The normalized spacial score (nSPS) is 17.9. The molecule has 0 heterocycles. The Balaban J connectivity index is 1.54. The summed E-state index contributed by atoms with van der Waals surface area (Å²) in [7, 11) is 0. The van der Waals surface area contributed by atoms with Crippen molar-refractivity contribution in [2.24, 2.45) is 5.92 Å². The lowest BCUT2D eigenvalue weighted by Crippen LogP contribution is -2.24. The van der Waals surface area contributed by atoms with Gasteiger partial charge in [-0.2, -0.15) is 17.6 Å². The van der Waals surface area contributed by atoms with Crippen molar-refractivity contribution < 1.29 is 40.2 Å². The van der Waals surface area contributed by atoms with Gasteiger partial charge < -0.3 is 9.47 Å². The van der Waals surface area contributed by atoms with Gasteiger partial charge in [-0.1, -0.05) is 50.5 Å². The predicted octanol–water partition coefficient (Wildman–Crippen LogP) is 9.96. The molecule has 3 aromatic rings. The summed E-state index contributed by atoms with van der Waals surface area (Å²) in [5, 5.41) is 0. The Morgan fingerprint density at radius 3 is 2.15 bits per heavy atom. The monoisotopic (exact) mass is 554 g/mol. The second kappa shape index (κ2) is 12.3. The van der Waals surface area contributed by atoms with Gasteiger partial charge in [-0.3, -0.25) is 0 Å². The number of benzene rings is 3. The molecule has 1 aliphatic carbocycles. The zero-order valence-corrected chi connectivity index (χ0v) is 21.3. The van der Waals surface area contributed by atoms with Gasteiger partial charge in [0, 0.05) is 5.56 Å². The molecule has 9 heteroatoms. The lowest BCUT2D eigenvalue weighted by molar-refractivity contribution is -0.187. The van der Waals surface area contributed by atoms with E-state index in [9.17, 15) is 22.0 Å². The van der Waals surface area contributed by atoms with Crippen LogP contribution in [0.15, 0.2) is 54.6 Å². The minimum absolute atomic E-state index is 0.100. The van der Waals surface area contributed by atoms with Crippen LogP contribution in [0, 0.1) is 23.4 Å². The van der Waals surface area contributed by atoms with Crippen LogP contribution in [-0.2, 0) is 6.11 Å². The van der Waals surface area contributed by atoms with Gasteiger partial charge in [-0.05, 0) is 79.0 Å². The highest BCUT2D eigenvalue weighted by molar-refractivity contribution is 5.71. The molecule has 0 spiro atoms. The molecule has 1 saturated carbocycles. The molecule has 39 heavy (non-hydrogen) atoms. The average molecular weight is 555 g/mol. The standard InChI is InChI=1S/C30H29F7O2/c1-2-3-6-18-9-11-19(12-10-18)20-13-14-23(24(31)15-20)30(36,37)39-27-8-5-4-7-22(27)21-16-25(32)28(26(33)17-21)38-29(34)35/h4-5,7-8,13-19,29H,2-3,6,9-12H2,1H3/t18-,19-. The van der Waals surface area contributed by atoms with E-state index >= 15 is 8.78 Å². The molecule has 3 aromatic carbocycles. The van der Waals surface area contributed by atoms with Gasteiger partial charge in [-0.15, -0.1) is 0 Å². The summed E-state index contributed by atoms with van der Waals surface area (Å²) in [5.74, 6) is -5.05. The largest absolute Gasteiger partial charge is 0.429 e. The van der Waals surface area contributed by atoms with Crippen LogP contribution in [-0.4, -0.2) is 6.61 Å². The zero-order valence-electron chi connectivity index (χ0n) is 21.3. The van der Waals surface area contributed by atoms with Gasteiger partial charge in [0.2, 0.25) is 0 Å². The summed E-state index contributed by atoms with van der Waals surface area (Å²) in [6.07, 6.45) is 3.19. The number of hydrogen-bond acceptors (Lipinski definition) is 2. The summed E-state index contributed by atoms with van der Waals surface area (Å²) in [5.41, 5.74) is -0.729. The van der Waals surface area contributed by atoms with Crippen molar-refractivity contribution in [2.45, 2.75) is 70.5 Å². The highest BCUT2D eigenvalue weighted by atomic mass is 19.3. The highest BCUT2D eigenvalue weighted by Crippen LogP contribution is 2.42. The third-order valence-corrected chi connectivity index (χ3v) is 7.23. The fourth-order valence-electron chi connectivity index (χ4n) is 5.20. The number of halogens is 7. The molecule has 0 atom stereocenters. The van der Waals surface area contributed by atoms with Crippen molar-refractivity contribution in [2.75, 3.05) is 0 Å². The summed E-state index contributed by atoms with van der Waals surface area (Å²) >= 11 is 0. The second-order valence-corrected chi connectivity index (χ2v) is 9.86. The van der Waals surface area contributed by atoms with E-state index in [0.717, 1.165) is 50.3 Å². The lowest BCUT2D eigenvalue weighted by atomic mass is 9.77. The van der Waals surface area contributed by atoms with E-state index in [0.29, 0.717) is 23.6 Å². The maximum atomic E-state index is 15.2. The van der Waals surface area contributed by atoms with Crippen LogP contribution in [0.3, 0.4) is 0 Å². The fourth-order valence-corrected chi connectivity index (χ4v) is 5.20. The Kier molecular flexibility index (Phi) is 9.08. The molecule has 1 fully saturated rings. The first-order chi connectivity index (χ1) is 18.6. The van der Waals surface area contributed by atoms with Crippen LogP contribution >= 0.6 is 0 Å². The van der Waals surface area contributed by atoms with Crippen molar-refractivity contribution in [3.8, 4) is 22.6 Å². The molecule has 1 aliphatic rings. The zero-order chi connectivity index (χ0) is 28.2. The third kappa shape index (κ3) is 6.86. The Morgan fingerprint density at radius 1 is 0.872 bits per heavy atom. The molecular weight excluding hydrogens is 525 g/mol. The van der Waals surface area contributed by atoms with E-state index in [-0.39, 0.29) is 17.0 Å². The number of unbranched alkanes of at least 4 members (excludes halogenated alkanes) is 1. The molecule has 210 valence electrons. The van der Waals surface area contributed by atoms with Crippen LogP contribution in [0.25, 0.3) is 11.1 Å².